The second-order valence-electron chi connectivity index (χ2n) is 9.66. The second kappa shape index (κ2) is 16.6. The van der Waals surface area contributed by atoms with E-state index < -0.39 is 6.04 Å². The summed E-state index contributed by atoms with van der Waals surface area (Å²) in [5.41, 5.74) is 1.56. The Hall–Kier alpha value is -3.44. The molecule has 3 rings (SSSR count). The first-order valence-corrected chi connectivity index (χ1v) is 14.4. The third kappa shape index (κ3) is 9.34. The van der Waals surface area contributed by atoms with E-state index in [4.69, 9.17) is 4.74 Å². The number of benzene rings is 1. The molecular weight excluding hydrogens is 530 g/mol. The number of piperazine rings is 1. The van der Waals surface area contributed by atoms with E-state index in [9.17, 15) is 19.2 Å². The molecule has 10 nitrogen and oxygen atoms in total. The van der Waals surface area contributed by atoms with E-state index in [1.165, 1.54) is 23.3 Å². The molecule has 1 unspecified atom stereocenters. The number of carbonyl (C=O) groups excluding carboxylic acids is 4. The first-order valence-electron chi connectivity index (χ1n) is 13.7. The molecule has 2 amide bonds. The molecule has 2 heterocycles. The Morgan fingerprint density at radius 3 is 2.58 bits per heavy atom. The van der Waals surface area contributed by atoms with Crippen molar-refractivity contribution in [1.29, 1.82) is 0 Å². The molecule has 0 bridgehead atoms. The van der Waals surface area contributed by atoms with Gasteiger partial charge in [-0.3, -0.25) is 23.6 Å². The number of carbonyl (C=O) groups is 4. The van der Waals surface area contributed by atoms with Crippen molar-refractivity contribution in [2.45, 2.75) is 50.0 Å². The number of hydrogen-bond donors (Lipinski definition) is 1. The maximum absolute atomic E-state index is 12.3. The molecule has 0 spiro atoms. The van der Waals surface area contributed by atoms with Crippen LogP contribution in [0.3, 0.4) is 0 Å². The Kier molecular flexibility index (Phi) is 12.9. The highest BCUT2D eigenvalue weighted by Crippen LogP contribution is 2.31. The summed E-state index contributed by atoms with van der Waals surface area (Å²) in [6.45, 7) is 7.42. The molecule has 1 N–H and O–H groups in total. The SMILES string of the molecule is CNC(=O)C(CCC=O)N(C=O)Sc1cc(OCCCCCN2CCN(c3ccc(C=O)cn3)CC2)ccc1C. The minimum atomic E-state index is -0.740. The van der Waals surface area contributed by atoms with Gasteiger partial charge in [0.2, 0.25) is 12.3 Å². The number of likely N-dealkylation sites (N-methyl/N-ethyl adjacent to an activating group) is 1. The first-order chi connectivity index (χ1) is 19.5. The van der Waals surface area contributed by atoms with Crippen LogP contribution in [0, 0.1) is 6.92 Å². The van der Waals surface area contributed by atoms with Crippen LogP contribution in [0.5, 0.6) is 5.75 Å². The van der Waals surface area contributed by atoms with Crippen LogP contribution < -0.4 is 15.0 Å². The average molecular weight is 570 g/mol. The largest absolute Gasteiger partial charge is 0.494 e. The Labute approximate surface area is 240 Å². The molecule has 0 saturated carbocycles. The topological polar surface area (TPSA) is 112 Å². The third-order valence-corrected chi connectivity index (χ3v) is 8.06. The van der Waals surface area contributed by atoms with Crippen LogP contribution in [0.25, 0.3) is 0 Å². The summed E-state index contributed by atoms with van der Waals surface area (Å²) >= 11 is 1.18. The minimum Gasteiger partial charge on any atom is -0.494 e. The number of nitrogens with zero attached hydrogens (tertiary/aromatic N) is 4. The van der Waals surface area contributed by atoms with Crippen molar-refractivity contribution >= 4 is 42.7 Å². The van der Waals surface area contributed by atoms with Crippen LogP contribution in [-0.4, -0.2) is 91.5 Å². The van der Waals surface area contributed by atoms with Gasteiger partial charge in [0, 0.05) is 56.3 Å². The van der Waals surface area contributed by atoms with Crippen LogP contribution in [0.15, 0.2) is 41.4 Å². The highest BCUT2D eigenvalue weighted by molar-refractivity contribution is 7.97. The molecule has 11 heteroatoms. The van der Waals surface area contributed by atoms with E-state index in [-0.39, 0.29) is 18.7 Å². The first kappa shape index (κ1) is 31.1. The summed E-state index contributed by atoms with van der Waals surface area (Å²) in [4.78, 5) is 55.7. The fourth-order valence-electron chi connectivity index (χ4n) is 4.47. The monoisotopic (exact) mass is 569 g/mol. The summed E-state index contributed by atoms with van der Waals surface area (Å²) in [5, 5.41) is 2.57. The quantitative estimate of drug-likeness (QED) is 0.174. The van der Waals surface area contributed by atoms with E-state index in [1.54, 1.807) is 12.3 Å². The number of unbranched alkanes of at least 4 members (excludes halogenated alkanes) is 2. The molecule has 0 radical (unpaired) electrons. The molecule has 1 fully saturated rings. The number of hydrogen-bond acceptors (Lipinski definition) is 9. The van der Waals surface area contributed by atoms with Crippen molar-refractivity contribution in [3.8, 4) is 5.75 Å². The number of amides is 2. The van der Waals surface area contributed by atoms with Gasteiger partial charge in [-0.2, -0.15) is 0 Å². The molecule has 216 valence electrons. The average Bonchev–Trinajstić information content (AvgIpc) is 2.99. The van der Waals surface area contributed by atoms with E-state index >= 15 is 0 Å². The fraction of sp³-hybridized carbons (Fsp3) is 0.483. The highest BCUT2D eigenvalue weighted by Gasteiger charge is 2.25. The van der Waals surface area contributed by atoms with E-state index in [0.717, 1.165) is 80.8 Å². The fourth-order valence-corrected chi connectivity index (χ4v) is 5.45. The molecule has 40 heavy (non-hydrogen) atoms. The normalized spacial score (nSPS) is 14.3. The van der Waals surface area contributed by atoms with Gasteiger partial charge >= 0.3 is 0 Å². The molecule has 2 aromatic rings. The zero-order valence-corrected chi connectivity index (χ0v) is 24.1. The number of nitrogens with one attached hydrogen (secondary N) is 1. The second-order valence-corrected chi connectivity index (χ2v) is 10.7. The maximum Gasteiger partial charge on any atom is 0.243 e. The summed E-state index contributed by atoms with van der Waals surface area (Å²) in [5.74, 6) is 1.33. The molecule has 1 aliphatic rings. The number of aldehydes is 2. The van der Waals surface area contributed by atoms with Crippen LogP contribution in [-0.2, 0) is 14.4 Å². The molecule has 1 aliphatic heterocycles. The van der Waals surface area contributed by atoms with Gasteiger partial charge in [-0.15, -0.1) is 0 Å². The predicted molar refractivity (Wildman–Crippen MR) is 156 cm³/mol. The lowest BCUT2D eigenvalue weighted by atomic mass is 10.1. The van der Waals surface area contributed by atoms with Crippen LogP contribution in [0.2, 0.25) is 0 Å². The lowest BCUT2D eigenvalue weighted by molar-refractivity contribution is -0.128. The van der Waals surface area contributed by atoms with Gasteiger partial charge in [-0.05, 0) is 80.9 Å². The van der Waals surface area contributed by atoms with Gasteiger partial charge in [0.05, 0.1) is 6.61 Å². The van der Waals surface area contributed by atoms with Crippen molar-refractivity contribution in [3.05, 3.63) is 47.7 Å². The molecule has 0 aliphatic carbocycles. The number of rotatable bonds is 17. The number of aromatic nitrogens is 1. The smallest absolute Gasteiger partial charge is 0.243 e. The lowest BCUT2D eigenvalue weighted by Gasteiger charge is -2.35. The number of aryl methyl sites for hydroxylation is 1. The standard InChI is InChI=1S/C29H39N5O5S/c1-23-8-10-25(19-27(23)40-34(22-37)26(7-6-17-35)29(38)30-2)39-18-5-3-4-12-32-13-15-33(16-14-32)28-11-9-24(21-36)20-31-28/h8-11,17,19-22,26H,3-7,12-16,18H2,1-2H3,(H,30,38). The number of anilines is 1. The van der Waals surface area contributed by atoms with Gasteiger partial charge in [0.15, 0.2) is 6.29 Å². The molecule has 1 saturated heterocycles. The van der Waals surface area contributed by atoms with E-state index in [0.29, 0.717) is 24.3 Å². The Morgan fingerprint density at radius 2 is 1.93 bits per heavy atom. The van der Waals surface area contributed by atoms with Crippen molar-refractivity contribution in [1.82, 2.24) is 19.5 Å². The Morgan fingerprint density at radius 1 is 1.12 bits per heavy atom. The van der Waals surface area contributed by atoms with Crippen LogP contribution in [0.1, 0.15) is 48.0 Å². The van der Waals surface area contributed by atoms with E-state index in [2.05, 4.69) is 20.1 Å². The number of pyridine rings is 1. The minimum absolute atomic E-state index is 0.191. The van der Waals surface area contributed by atoms with Crippen LogP contribution >= 0.6 is 11.9 Å². The van der Waals surface area contributed by atoms with Gasteiger partial charge in [-0.25, -0.2) is 4.98 Å². The predicted octanol–water partition coefficient (Wildman–Crippen LogP) is 3.13. The zero-order valence-electron chi connectivity index (χ0n) is 23.3. The zero-order chi connectivity index (χ0) is 28.7. The summed E-state index contributed by atoms with van der Waals surface area (Å²) in [6, 6.07) is 8.71. The van der Waals surface area contributed by atoms with Gasteiger partial charge < -0.3 is 19.7 Å². The van der Waals surface area contributed by atoms with Crippen molar-refractivity contribution in [2.75, 3.05) is 51.3 Å². The van der Waals surface area contributed by atoms with Gasteiger partial charge in [-0.1, -0.05) is 6.07 Å². The molecule has 1 aromatic carbocycles. The van der Waals surface area contributed by atoms with Gasteiger partial charge in [0.1, 0.15) is 23.9 Å². The van der Waals surface area contributed by atoms with Crippen molar-refractivity contribution < 1.29 is 23.9 Å². The van der Waals surface area contributed by atoms with Gasteiger partial charge in [0.25, 0.3) is 0 Å². The summed E-state index contributed by atoms with van der Waals surface area (Å²) in [7, 11) is 1.51. The molecular formula is C29H39N5O5S. The van der Waals surface area contributed by atoms with E-state index in [1.807, 2.05) is 31.2 Å². The summed E-state index contributed by atoms with van der Waals surface area (Å²) < 4.78 is 7.34. The highest BCUT2D eigenvalue weighted by atomic mass is 32.2. The van der Waals surface area contributed by atoms with Crippen molar-refractivity contribution in [3.63, 3.8) is 0 Å². The molecule has 1 atom stereocenters. The lowest BCUT2D eigenvalue weighted by Crippen LogP contribution is -2.46. The Balaban J connectivity index is 1.38. The summed E-state index contributed by atoms with van der Waals surface area (Å²) in [6.07, 6.45) is 7.36. The van der Waals surface area contributed by atoms with Crippen molar-refractivity contribution in [2.24, 2.45) is 0 Å². The maximum atomic E-state index is 12.3. The molecule has 1 aromatic heterocycles. The Bertz CT molecular complexity index is 1110. The number of ether oxygens (including phenoxy) is 1. The van der Waals surface area contributed by atoms with Crippen LogP contribution in [0.4, 0.5) is 5.82 Å². The third-order valence-electron chi connectivity index (χ3n) is 6.87.